The van der Waals surface area contributed by atoms with Crippen molar-refractivity contribution in [2.24, 2.45) is 22.7 Å². The summed E-state index contributed by atoms with van der Waals surface area (Å²) in [6.07, 6.45) is 3.61. The molecule has 0 spiro atoms. The lowest BCUT2D eigenvalue weighted by atomic mass is 9.89. The largest absolute Gasteiger partial charge is 0.409 e. The molecule has 1 fully saturated rings. The van der Waals surface area contributed by atoms with Crippen LogP contribution in [-0.2, 0) is 0 Å². The summed E-state index contributed by atoms with van der Waals surface area (Å²) in [6.45, 7) is 6.58. The van der Waals surface area contributed by atoms with Gasteiger partial charge in [0.1, 0.15) is 0 Å². The molecule has 1 aromatic rings. The van der Waals surface area contributed by atoms with Gasteiger partial charge in [-0.25, -0.2) is 0 Å². The quantitative estimate of drug-likeness (QED) is 0.387. The normalized spacial score (nSPS) is 20.7. The molecule has 4 nitrogen and oxygen atoms in total. The van der Waals surface area contributed by atoms with Crippen LogP contribution in [-0.4, -0.2) is 24.1 Å². The minimum Gasteiger partial charge on any atom is -0.409 e. The van der Waals surface area contributed by atoms with E-state index in [4.69, 9.17) is 22.5 Å². The molecule has 1 heterocycles. The highest BCUT2D eigenvalue weighted by Gasteiger charge is 2.22. The molecule has 5 heteroatoms. The predicted molar refractivity (Wildman–Crippen MR) is 88.4 cm³/mol. The molecule has 1 unspecified atom stereocenters. The minimum absolute atomic E-state index is 0.108. The van der Waals surface area contributed by atoms with Crippen LogP contribution >= 0.6 is 11.6 Å². The second kappa shape index (κ2) is 7.03. The third-order valence-electron chi connectivity index (χ3n) is 4.40. The summed E-state index contributed by atoms with van der Waals surface area (Å²) in [5, 5.41) is 12.7. The Balaban J connectivity index is 2.25. The second-order valence-electron chi connectivity index (χ2n) is 6.07. The van der Waals surface area contributed by atoms with Gasteiger partial charge in [0.15, 0.2) is 5.84 Å². The molecule has 1 aromatic carbocycles. The Morgan fingerprint density at radius 1 is 1.38 bits per heavy atom. The zero-order chi connectivity index (χ0) is 15.4. The Labute approximate surface area is 131 Å². The average Bonchev–Trinajstić information content (AvgIpc) is 2.72. The third-order valence-corrected chi connectivity index (χ3v) is 4.63. The van der Waals surface area contributed by atoms with Gasteiger partial charge in [-0.3, -0.25) is 0 Å². The molecule has 1 aliphatic heterocycles. The van der Waals surface area contributed by atoms with E-state index in [9.17, 15) is 0 Å². The number of hydrogen-bond acceptors (Lipinski definition) is 3. The van der Waals surface area contributed by atoms with E-state index in [1.807, 2.05) is 12.1 Å². The van der Waals surface area contributed by atoms with Gasteiger partial charge in [-0.1, -0.05) is 30.6 Å². The molecule has 1 atom stereocenters. The topological polar surface area (TPSA) is 61.8 Å². The highest BCUT2D eigenvalue weighted by Crippen LogP contribution is 2.30. The molecule has 116 valence electrons. The summed E-state index contributed by atoms with van der Waals surface area (Å²) in [6, 6.07) is 5.58. The highest BCUT2D eigenvalue weighted by molar-refractivity contribution is 6.31. The molecule has 1 saturated heterocycles. The van der Waals surface area contributed by atoms with E-state index in [0.717, 1.165) is 30.6 Å². The number of oxime groups is 1. The number of nitrogens with two attached hydrogens (primary N) is 1. The van der Waals surface area contributed by atoms with Crippen LogP contribution in [0, 0.1) is 11.8 Å². The fourth-order valence-corrected chi connectivity index (χ4v) is 3.24. The number of amidine groups is 1. The maximum Gasteiger partial charge on any atom is 0.172 e. The lowest BCUT2D eigenvalue weighted by Gasteiger charge is -2.26. The van der Waals surface area contributed by atoms with Crippen LogP contribution in [0.15, 0.2) is 23.4 Å². The van der Waals surface area contributed by atoms with Gasteiger partial charge in [-0.15, -0.1) is 0 Å². The predicted octanol–water partition coefficient (Wildman–Crippen LogP) is 3.70. The Bertz CT molecular complexity index is 516. The van der Waals surface area contributed by atoms with Crippen LogP contribution in [0.1, 0.15) is 38.7 Å². The molecule has 0 aromatic heterocycles. The van der Waals surface area contributed by atoms with Crippen molar-refractivity contribution in [2.45, 2.75) is 33.1 Å². The lowest BCUT2D eigenvalue weighted by molar-refractivity contribution is 0.318. The fourth-order valence-electron chi connectivity index (χ4n) is 3.07. The SMILES string of the molecule is CC(C)C1CCCN(c2ccc(Cl)cc2C(N)=NO)CC1. The molecule has 1 aliphatic rings. The van der Waals surface area contributed by atoms with Crippen LogP contribution in [0.5, 0.6) is 0 Å². The maximum atomic E-state index is 8.97. The molecule has 0 amide bonds. The Morgan fingerprint density at radius 3 is 2.81 bits per heavy atom. The monoisotopic (exact) mass is 309 g/mol. The van der Waals surface area contributed by atoms with Crippen molar-refractivity contribution in [3.05, 3.63) is 28.8 Å². The van der Waals surface area contributed by atoms with Crippen molar-refractivity contribution in [2.75, 3.05) is 18.0 Å². The number of rotatable bonds is 3. The van der Waals surface area contributed by atoms with E-state index in [1.165, 1.54) is 19.3 Å². The summed E-state index contributed by atoms with van der Waals surface area (Å²) in [7, 11) is 0. The van der Waals surface area contributed by atoms with Gasteiger partial charge >= 0.3 is 0 Å². The van der Waals surface area contributed by atoms with Crippen molar-refractivity contribution >= 4 is 23.1 Å². The number of nitrogens with zero attached hydrogens (tertiary/aromatic N) is 2. The van der Waals surface area contributed by atoms with E-state index in [2.05, 4.69) is 23.9 Å². The summed E-state index contributed by atoms with van der Waals surface area (Å²) in [5.74, 6) is 1.60. The standard InChI is InChI=1S/C16H24ClN3O/c1-11(2)12-4-3-8-20(9-7-12)15-6-5-13(17)10-14(15)16(18)19-21/h5-6,10-12,21H,3-4,7-9H2,1-2H3,(H2,18,19). The minimum atomic E-state index is 0.108. The fraction of sp³-hybridized carbons (Fsp3) is 0.562. The summed E-state index contributed by atoms with van der Waals surface area (Å²) in [5.41, 5.74) is 7.50. The van der Waals surface area contributed by atoms with E-state index < -0.39 is 0 Å². The van der Waals surface area contributed by atoms with E-state index >= 15 is 0 Å². The molecular weight excluding hydrogens is 286 g/mol. The maximum absolute atomic E-state index is 8.97. The first-order valence-corrected chi connectivity index (χ1v) is 7.93. The van der Waals surface area contributed by atoms with Gasteiger partial charge in [0.05, 0.1) is 0 Å². The smallest absolute Gasteiger partial charge is 0.172 e. The Hall–Kier alpha value is -1.42. The third kappa shape index (κ3) is 3.82. The van der Waals surface area contributed by atoms with Crippen LogP contribution in [0.25, 0.3) is 0 Å². The second-order valence-corrected chi connectivity index (χ2v) is 6.51. The zero-order valence-electron chi connectivity index (χ0n) is 12.7. The van der Waals surface area contributed by atoms with E-state index in [0.29, 0.717) is 10.6 Å². The van der Waals surface area contributed by atoms with Gasteiger partial charge in [0, 0.05) is 29.4 Å². The number of halogens is 1. The van der Waals surface area contributed by atoms with Crippen LogP contribution in [0.4, 0.5) is 5.69 Å². The lowest BCUT2D eigenvalue weighted by Crippen LogP contribution is -2.28. The van der Waals surface area contributed by atoms with Gasteiger partial charge in [0.25, 0.3) is 0 Å². The van der Waals surface area contributed by atoms with Gasteiger partial charge in [0.2, 0.25) is 0 Å². The Morgan fingerprint density at radius 2 is 2.14 bits per heavy atom. The van der Waals surface area contributed by atoms with Crippen molar-refractivity contribution in [1.29, 1.82) is 0 Å². The summed E-state index contributed by atoms with van der Waals surface area (Å²) in [4.78, 5) is 2.33. The molecule has 0 saturated carbocycles. The molecular formula is C16H24ClN3O. The van der Waals surface area contributed by atoms with Crippen molar-refractivity contribution in [1.82, 2.24) is 0 Å². The van der Waals surface area contributed by atoms with E-state index in [1.54, 1.807) is 6.07 Å². The highest BCUT2D eigenvalue weighted by atomic mass is 35.5. The molecule has 21 heavy (non-hydrogen) atoms. The summed E-state index contributed by atoms with van der Waals surface area (Å²) < 4.78 is 0. The molecule has 2 rings (SSSR count). The number of hydrogen-bond donors (Lipinski definition) is 2. The Kier molecular flexibility index (Phi) is 5.34. The van der Waals surface area contributed by atoms with E-state index in [-0.39, 0.29) is 5.84 Å². The van der Waals surface area contributed by atoms with Crippen molar-refractivity contribution in [3.8, 4) is 0 Å². The molecule has 3 N–H and O–H groups in total. The van der Waals surface area contributed by atoms with Crippen LogP contribution in [0.2, 0.25) is 5.02 Å². The van der Waals surface area contributed by atoms with Crippen LogP contribution < -0.4 is 10.6 Å². The van der Waals surface area contributed by atoms with Crippen molar-refractivity contribution < 1.29 is 5.21 Å². The number of benzene rings is 1. The van der Waals surface area contributed by atoms with Gasteiger partial charge in [-0.05, 0) is 49.3 Å². The first kappa shape index (κ1) is 16.0. The molecule has 0 aliphatic carbocycles. The van der Waals surface area contributed by atoms with Crippen LogP contribution in [0.3, 0.4) is 0 Å². The first-order valence-electron chi connectivity index (χ1n) is 7.55. The average molecular weight is 310 g/mol. The summed E-state index contributed by atoms with van der Waals surface area (Å²) >= 11 is 6.04. The van der Waals surface area contributed by atoms with Gasteiger partial charge in [-0.2, -0.15) is 0 Å². The molecule has 0 bridgehead atoms. The first-order chi connectivity index (χ1) is 10.0. The molecule has 0 radical (unpaired) electrons. The van der Waals surface area contributed by atoms with Crippen molar-refractivity contribution in [3.63, 3.8) is 0 Å². The number of anilines is 1. The van der Waals surface area contributed by atoms with Gasteiger partial charge < -0.3 is 15.8 Å². The zero-order valence-corrected chi connectivity index (χ0v) is 13.5.